The number of rotatable bonds is 5. The smallest absolute Gasteiger partial charge is 0.227 e. The maximum atomic E-state index is 12.9. The summed E-state index contributed by atoms with van der Waals surface area (Å²) >= 11 is 0. The van der Waals surface area contributed by atoms with Gasteiger partial charge in [0.05, 0.1) is 5.92 Å². The van der Waals surface area contributed by atoms with E-state index in [-0.39, 0.29) is 24.2 Å². The van der Waals surface area contributed by atoms with Gasteiger partial charge in [-0.3, -0.25) is 9.59 Å². The second-order valence-corrected chi connectivity index (χ2v) is 9.35. The number of fused-ring (bicyclic) bond motifs is 1. The molecule has 2 heterocycles. The van der Waals surface area contributed by atoms with E-state index < -0.39 is 0 Å². The van der Waals surface area contributed by atoms with E-state index in [1.165, 1.54) is 23.2 Å². The first-order valence-electron chi connectivity index (χ1n) is 11.8. The van der Waals surface area contributed by atoms with Gasteiger partial charge in [0, 0.05) is 57.1 Å². The molecule has 2 aliphatic heterocycles. The quantitative estimate of drug-likeness (QED) is 0.789. The highest BCUT2D eigenvalue weighted by molar-refractivity contribution is 6.00. The first-order chi connectivity index (χ1) is 15.6. The number of likely N-dealkylation sites (N-methyl/N-ethyl adjacent to an activating group) is 1. The van der Waals surface area contributed by atoms with Crippen LogP contribution in [0, 0.1) is 5.92 Å². The fourth-order valence-corrected chi connectivity index (χ4v) is 5.20. The molecule has 2 aromatic carbocycles. The number of carbonyl (C=O) groups excluding carboxylic acids is 2. The van der Waals surface area contributed by atoms with E-state index in [1.807, 2.05) is 12.1 Å². The summed E-state index contributed by atoms with van der Waals surface area (Å²) < 4.78 is 0. The molecule has 0 radical (unpaired) electrons. The van der Waals surface area contributed by atoms with Crippen molar-refractivity contribution < 1.29 is 9.59 Å². The lowest BCUT2D eigenvalue weighted by molar-refractivity contribution is -0.126. The number of benzene rings is 2. The number of anilines is 2. The molecule has 32 heavy (non-hydrogen) atoms. The highest BCUT2D eigenvalue weighted by Gasteiger charge is 2.35. The molecule has 0 saturated carbocycles. The Bertz CT molecular complexity index is 1010. The second kappa shape index (κ2) is 8.94. The predicted molar refractivity (Wildman–Crippen MR) is 127 cm³/mol. The third-order valence-electron chi connectivity index (χ3n) is 7.18. The molecule has 0 bridgehead atoms. The molecule has 1 atom stereocenters. The van der Waals surface area contributed by atoms with Crippen LogP contribution in [0.4, 0.5) is 11.4 Å². The molecule has 1 aliphatic carbocycles. The number of hydrogen-bond donors (Lipinski definition) is 1. The summed E-state index contributed by atoms with van der Waals surface area (Å²) in [6.07, 6.45) is 3.68. The molecule has 6 nitrogen and oxygen atoms in total. The van der Waals surface area contributed by atoms with Crippen molar-refractivity contribution in [2.75, 3.05) is 49.6 Å². The lowest BCUT2D eigenvalue weighted by Crippen LogP contribution is -2.45. The van der Waals surface area contributed by atoms with Crippen molar-refractivity contribution >= 4 is 23.2 Å². The van der Waals surface area contributed by atoms with Gasteiger partial charge < -0.3 is 20.0 Å². The maximum absolute atomic E-state index is 12.9. The van der Waals surface area contributed by atoms with Gasteiger partial charge >= 0.3 is 0 Å². The number of para-hydroxylation sites is 1. The predicted octanol–water partition coefficient (Wildman–Crippen LogP) is 2.60. The zero-order valence-corrected chi connectivity index (χ0v) is 18.8. The fourth-order valence-electron chi connectivity index (χ4n) is 5.20. The van der Waals surface area contributed by atoms with E-state index in [1.54, 1.807) is 4.90 Å². The van der Waals surface area contributed by atoms with Gasteiger partial charge in [-0.15, -0.1) is 0 Å². The monoisotopic (exact) mass is 432 g/mol. The summed E-state index contributed by atoms with van der Waals surface area (Å²) in [5.74, 6) is -0.289. The molecule has 2 fully saturated rings. The normalized spacial score (nSPS) is 21.2. The molecule has 0 spiro atoms. The van der Waals surface area contributed by atoms with Crippen LogP contribution in [-0.2, 0) is 29.0 Å². The molecule has 2 saturated heterocycles. The highest BCUT2D eigenvalue weighted by atomic mass is 16.2. The summed E-state index contributed by atoms with van der Waals surface area (Å²) in [6, 6.07) is 14.6. The van der Waals surface area contributed by atoms with Gasteiger partial charge in [-0.1, -0.05) is 24.3 Å². The molecule has 1 N–H and O–H groups in total. The lowest BCUT2D eigenvalue weighted by Gasteiger charge is -2.35. The SMILES string of the molecule is CN1CCN(c2ccccc2CNC(=O)C2CC(=O)N(c3ccc4c(c3)CCC4)C2)CC1. The Labute approximate surface area is 190 Å². The summed E-state index contributed by atoms with van der Waals surface area (Å²) in [5.41, 5.74) is 6.01. The number of nitrogens with zero attached hydrogens (tertiary/aromatic N) is 3. The Balaban J connectivity index is 1.22. The highest BCUT2D eigenvalue weighted by Crippen LogP contribution is 2.31. The minimum absolute atomic E-state index is 0.0322. The first-order valence-corrected chi connectivity index (χ1v) is 11.8. The van der Waals surface area contributed by atoms with E-state index >= 15 is 0 Å². The number of carbonyl (C=O) groups is 2. The molecule has 3 aliphatic rings. The Morgan fingerprint density at radius 3 is 2.66 bits per heavy atom. The molecule has 168 valence electrons. The molecule has 6 heteroatoms. The molecule has 5 rings (SSSR count). The third kappa shape index (κ3) is 4.24. The van der Waals surface area contributed by atoms with Gasteiger partial charge in [-0.2, -0.15) is 0 Å². The van der Waals surface area contributed by atoms with Gasteiger partial charge in [0.2, 0.25) is 11.8 Å². The Hall–Kier alpha value is -2.86. The Morgan fingerprint density at radius 1 is 1.03 bits per heavy atom. The van der Waals surface area contributed by atoms with E-state index in [0.717, 1.165) is 50.3 Å². The van der Waals surface area contributed by atoms with Gasteiger partial charge in [0.15, 0.2) is 0 Å². The van der Waals surface area contributed by atoms with Crippen LogP contribution in [0.2, 0.25) is 0 Å². The molecule has 1 unspecified atom stereocenters. The number of piperazine rings is 1. The van der Waals surface area contributed by atoms with Crippen molar-refractivity contribution in [3.63, 3.8) is 0 Å². The Kier molecular flexibility index (Phi) is 5.87. The van der Waals surface area contributed by atoms with Crippen LogP contribution < -0.4 is 15.1 Å². The molecule has 2 amide bonds. The summed E-state index contributed by atoms with van der Waals surface area (Å²) in [7, 11) is 2.15. The minimum Gasteiger partial charge on any atom is -0.369 e. The largest absolute Gasteiger partial charge is 0.369 e. The summed E-state index contributed by atoms with van der Waals surface area (Å²) in [6.45, 7) is 5.03. The zero-order chi connectivity index (χ0) is 22.1. The van der Waals surface area contributed by atoms with Crippen LogP contribution in [0.1, 0.15) is 29.5 Å². The third-order valence-corrected chi connectivity index (χ3v) is 7.18. The average molecular weight is 433 g/mol. The van der Waals surface area contributed by atoms with Crippen LogP contribution >= 0.6 is 0 Å². The maximum Gasteiger partial charge on any atom is 0.227 e. The summed E-state index contributed by atoms with van der Waals surface area (Å²) in [5, 5.41) is 3.11. The van der Waals surface area contributed by atoms with Crippen LogP contribution in [0.5, 0.6) is 0 Å². The van der Waals surface area contributed by atoms with E-state index in [0.29, 0.717) is 13.1 Å². The zero-order valence-electron chi connectivity index (χ0n) is 18.8. The van der Waals surface area contributed by atoms with E-state index in [9.17, 15) is 9.59 Å². The molecule has 2 aromatic rings. The number of nitrogens with one attached hydrogen (secondary N) is 1. The second-order valence-electron chi connectivity index (χ2n) is 9.35. The van der Waals surface area contributed by atoms with Gasteiger partial charge in [0.1, 0.15) is 0 Å². The van der Waals surface area contributed by atoms with E-state index in [4.69, 9.17) is 0 Å². The van der Waals surface area contributed by atoms with Gasteiger partial charge in [-0.05, 0) is 61.2 Å². The van der Waals surface area contributed by atoms with Gasteiger partial charge in [0.25, 0.3) is 0 Å². The van der Waals surface area contributed by atoms with E-state index in [2.05, 4.69) is 52.5 Å². The number of aryl methyl sites for hydroxylation is 2. The standard InChI is InChI=1S/C26H32N4O2/c1-28-11-13-29(14-12-28)24-8-3-2-5-21(24)17-27-26(32)22-16-25(31)30(18-22)23-10-9-19-6-4-7-20(19)15-23/h2-3,5,8-10,15,22H,4,6-7,11-14,16-18H2,1H3,(H,27,32). The average Bonchev–Trinajstić information content (AvgIpc) is 3.44. The van der Waals surface area contributed by atoms with Crippen molar-refractivity contribution in [2.45, 2.75) is 32.2 Å². The van der Waals surface area contributed by atoms with Crippen LogP contribution in [0.3, 0.4) is 0 Å². The van der Waals surface area contributed by atoms with Crippen molar-refractivity contribution in [3.8, 4) is 0 Å². The van der Waals surface area contributed by atoms with Crippen LogP contribution in [0.25, 0.3) is 0 Å². The van der Waals surface area contributed by atoms with Crippen LogP contribution in [0.15, 0.2) is 42.5 Å². The van der Waals surface area contributed by atoms with Crippen molar-refractivity contribution in [1.82, 2.24) is 10.2 Å². The molecular formula is C26H32N4O2. The lowest BCUT2D eigenvalue weighted by atomic mass is 10.1. The number of amides is 2. The van der Waals surface area contributed by atoms with Crippen molar-refractivity contribution in [1.29, 1.82) is 0 Å². The Morgan fingerprint density at radius 2 is 1.81 bits per heavy atom. The van der Waals surface area contributed by atoms with Crippen molar-refractivity contribution in [3.05, 3.63) is 59.2 Å². The molecule has 0 aromatic heterocycles. The van der Waals surface area contributed by atoms with Crippen molar-refractivity contribution in [2.24, 2.45) is 5.92 Å². The minimum atomic E-state index is -0.299. The number of hydrogen-bond acceptors (Lipinski definition) is 4. The topological polar surface area (TPSA) is 55.9 Å². The first kappa shape index (κ1) is 21.0. The van der Waals surface area contributed by atoms with Crippen LogP contribution in [-0.4, -0.2) is 56.5 Å². The van der Waals surface area contributed by atoms with Gasteiger partial charge in [-0.25, -0.2) is 0 Å². The fraction of sp³-hybridized carbons (Fsp3) is 0.462. The summed E-state index contributed by atoms with van der Waals surface area (Å²) in [4.78, 5) is 32.2. The molecular weight excluding hydrogens is 400 g/mol.